The molecule has 4 rings (SSSR count). The second kappa shape index (κ2) is 14.9. The van der Waals surface area contributed by atoms with Gasteiger partial charge in [0.1, 0.15) is 5.75 Å². The summed E-state index contributed by atoms with van der Waals surface area (Å²) in [5, 5.41) is 2.66. The number of rotatable bonds is 15. The number of amides is 1. The van der Waals surface area contributed by atoms with E-state index in [0.29, 0.717) is 36.8 Å². The quantitative estimate of drug-likeness (QED) is 0.150. The molecule has 10 heteroatoms. The van der Waals surface area contributed by atoms with Crippen molar-refractivity contribution < 1.29 is 23.4 Å². The van der Waals surface area contributed by atoms with E-state index in [1.165, 1.54) is 23.5 Å². The van der Waals surface area contributed by atoms with Crippen LogP contribution in [0.2, 0.25) is 0 Å². The average Bonchev–Trinajstić information content (AvgIpc) is 3.40. The minimum Gasteiger partial charge on any atom is -0.490 e. The van der Waals surface area contributed by atoms with Crippen molar-refractivity contribution in [3.8, 4) is 33.4 Å². The minimum atomic E-state index is -0.567. The molecule has 0 radical (unpaired) electrons. The lowest BCUT2D eigenvalue weighted by molar-refractivity contribution is -0.115. The summed E-state index contributed by atoms with van der Waals surface area (Å²) in [4.78, 5) is 21.4. The Morgan fingerprint density at radius 1 is 0.881 bits per heavy atom. The summed E-state index contributed by atoms with van der Waals surface area (Å²) in [5.74, 6) is 1.24. The van der Waals surface area contributed by atoms with E-state index in [2.05, 4.69) is 20.1 Å². The van der Waals surface area contributed by atoms with Gasteiger partial charge < -0.3 is 29.3 Å². The summed E-state index contributed by atoms with van der Waals surface area (Å²) in [6.07, 6.45) is 3.77. The fourth-order valence-corrected chi connectivity index (χ4v) is 5.25. The van der Waals surface area contributed by atoms with Gasteiger partial charge in [-0.2, -0.15) is 0 Å². The van der Waals surface area contributed by atoms with Crippen molar-refractivity contribution in [3.63, 3.8) is 0 Å². The van der Waals surface area contributed by atoms with Crippen LogP contribution >= 0.6 is 11.3 Å². The zero-order valence-corrected chi connectivity index (χ0v) is 25.7. The monoisotopic (exact) mass is 594 g/mol. The van der Waals surface area contributed by atoms with Crippen molar-refractivity contribution in [2.75, 3.05) is 59.8 Å². The number of thiophene rings is 1. The van der Waals surface area contributed by atoms with Crippen LogP contribution in [-0.2, 0) is 4.79 Å². The molecular formula is C32H39FN4O4S. The summed E-state index contributed by atoms with van der Waals surface area (Å²) in [6, 6.07) is 14.1. The predicted molar refractivity (Wildman–Crippen MR) is 168 cm³/mol. The summed E-state index contributed by atoms with van der Waals surface area (Å²) >= 11 is 1.51. The summed E-state index contributed by atoms with van der Waals surface area (Å²) in [7, 11) is 8.19. The number of carbonyl (C=O) groups excluding carboxylic acids is 1. The van der Waals surface area contributed by atoms with Crippen molar-refractivity contribution in [1.29, 1.82) is 0 Å². The van der Waals surface area contributed by atoms with Gasteiger partial charge >= 0.3 is 0 Å². The highest BCUT2D eigenvalue weighted by molar-refractivity contribution is 7.22. The molecule has 42 heavy (non-hydrogen) atoms. The molecule has 0 saturated heterocycles. The van der Waals surface area contributed by atoms with E-state index < -0.39 is 5.82 Å². The third-order valence-corrected chi connectivity index (χ3v) is 7.56. The van der Waals surface area contributed by atoms with E-state index >= 15 is 0 Å². The van der Waals surface area contributed by atoms with Gasteiger partial charge in [-0.25, -0.2) is 4.39 Å². The second-order valence-electron chi connectivity index (χ2n) is 10.5. The Morgan fingerprint density at radius 2 is 1.57 bits per heavy atom. The lowest BCUT2D eigenvalue weighted by Gasteiger charge is -2.16. The van der Waals surface area contributed by atoms with Crippen LogP contribution in [0, 0.1) is 5.82 Å². The Hall–Kier alpha value is -3.73. The third kappa shape index (κ3) is 8.64. The Balaban J connectivity index is 1.56. The number of carbonyl (C=O) groups is 1. The zero-order valence-electron chi connectivity index (χ0n) is 24.9. The van der Waals surface area contributed by atoms with E-state index in [9.17, 15) is 9.18 Å². The van der Waals surface area contributed by atoms with Crippen LogP contribution in [0.5, 0.6) is 23.0 Å². The number of nitrogens with zero attached hydrogens (tertiary/aromatic N) is 3. The molecule has 0 spiro atoms. The molecule has 0 saturated carbocycles. The molecule has 0 unspecified atom stereocenters. The molecule has 224 valence electrons. The second-order valence-corrected chi connectivity index (χ2v) is 11.5. The van der Waals surface area contributed by atoms with Gasteiger partial charge in [-0.05, 0) is 83.0 Å². The summed E-state index contributed by atoms with van der Waals surface area (Å²) in [6.45, 7) is 4.79. The van der Waals surface area contributed by atoms with Gasteiger partial charge in [0.2, 0.25) is 5.91 Å². The smallest absolute Gasteiger partial charge is 0.224 e. The van der Waals surface area contributed by atoms with E-state index in [0.717, 1.165) is 52.3 Å². The van der Waals surface area contributed by atoms with Crippen molar-refractivity contribution in [2.45, 2.75) is 26.2 Å². The molecule has 0 aliphatic carbocycles. The Bertz CT molecular complexity index is 1490. The number of halogens is 1. The Kier molecular flexibility index (Phi) is 11.1. The van der Waals surface area contributed by atoms with Crippen molar-refractivity contribution in [1.82, 2.24) is 14.8 Å². The molecule has 0 aliphatic heterocycles. The maximum Gasteiger partial charge on any atom is 0.224 e. The van der Waals surface area contributed by atoms with Gasteiger partial charge in [-0.1, -0.05) is 6.92 Å². The largest absolute Gasteiger partial charge is 0.490 e. The van der Waals surface area contributed by atoms with Gasteiger partial charge in [-0.3, -0.25) is 9.78 Å². The van der Waals surface area contributed by atoms with Crippen LogP contribution in [0.3, 0.4) is 0 Å². The number of benzene rings is 2. The predicted octanol–water partition coefficient (Wildman–Crippen LogP) is 6.90. The first-order valence-corrected chi connectivity index (χ1v) is 14.9. The van der Waals surface area contributed by atoms with Crippen molar-refractivity contribution >= 4 is 33.1 Å². The van der Waals surface area contributed by atoms with Crippen LogP contribution in [0.4, 0.5) is 10.1 Å². The third-order valence-electron chi connectivity index (χ3n) is 6.38. The number of hydrogen-bond acceptors (Lipinski definition) is 8. The standard InChI is InChI=1S/C32H39FN4O4S/c1-6-31(38)35-23-10-12-26(24(33)20-23)41-28-13-14-34-25-21-30(42-32(25)28)22-9-11-27(39-17-7-15-36(2)3)29(19-22)40-18-8-16-37(4)5/h9-14,19-21H,6-8,15-18H2,1-5H3,(H,35,38). The highest BCUT2D eigenvalue weighted by Gasteiger charge is 2.15. The van der Waals surface area contributed by atoms with Crippen LogP contribution < -0.4 is 19.5 Å². The highest BCUT2D eigenvalue weighted by atomic mass is 32.1. The molecule has 2 aromatic carbocycles. The van der Waals surface area contributed by atoms with E-state index in [1.807, 2.05) is 52.5 Å². The molecule has 1 amide bonds. The zero-order chi connectivity index (χ0) is 30.1. The fraction of sp³-hybridized carbons (Fsp3) is 0.375. The molecule has 8 nitrogen and oxygen atoms in total. The molecular weight excluding hydrogens is 555 g/mol. The number of aromatic nitrogens is 1. The van der Waals surface area contributed by atoms with E-state index in [1.54, 1.807) is 25.3 Å². The molecule has 0 aliphatic rings. The summed E-state index contributed by atoms with van der Waals surface area (Å²) in [5.41, 5.74) is 2.10. The first kappa shape index (κ1) is 31.2. The van der Waals surface area contributed by atoms with Gasteiger partial charge in [0.15, 0.2) is 23.1 Å². The maximum atomic E-state index is 14.8. The van der Waals surface area contributed by atoms with Crippen LogP contribution in [-0.4, -0.2) is 75.2 Å². The number of fused-ring (bicyclic) bond motifs is 1. The normalized spacial score (nSPS) is 11.3. The van der Waals surface area contributed by atoms with Crippen LogP contribution in [0.25, 0.3) is 20.7 Å². The van der Waals surface area contributed by atoms with Gasteiger partial charge in [-0.15, -0.1) is 11.3 Å². The van der Waals surface area contributed by atoms with Crippen molar-refractivity contribution in [3.05, 3.63) is 60.5 Å². The number of anilines is 1. The maximum absolute atomic E-state index is 14.8. The number of nitrogens with one attached hydrogen (secondary N) is 1. The topological polar surface area (TPSA) is 76.2 Å². The molecule has 4 aromatic rings. The van der Waals surface area contributed by atoms with E-state index in [-0.39, 0.29) is 11.7 Å². The fourth-order valence-electron chi connectivity index (χ4n) is 4.19. The first-order valence-electron chi connectivity index (χ1n) is 14.1. The van der Waals surface area contributed by atoms with Crippen molar-refractivity contribution in [2.24, 2.45) is 0 Å². The lowest BCUT2D eigenvalue weighted by Crippen LogP contribution is -2.16. The molecule has 0 fully saturated rings. The van der Waals surface area contributed by atoms with Crippen LogP contribution in [0.1, 0.15) is 26.2 Å². The summed E-state index contributed by atoms with van der Waals surface area (Å²) < 4.78 is 33.9. The van der Waals surface area contributed by atoms with Gasteiger partial charge in [0, 0.05) is 48.4 Å². The molecule has 2 aromatic heterocycles. The number of hydrogen-bond donors (Lipinski definition) is 1. The Morgan fingerprint density at radius 3 is 2.24 bits per heavy atom. The average molecular weight is 595 g/mol. The Labute approximate surface area is 251 Å². The first-order chi connectivity index (χ1) is 20.2. The van der Waals surface area contributed by atoms with Crippen LogP contribution in [0.15, 0.2) is 54.7 Å². The molecule has 2 heterocycles. The lowest BCUT2D eigenvalue weighted by atomic mass is 10.1. The van der Waals surface area contributed by atoms with E-state index in [4.69, 9.17) is 14.2 Å². The van der Waals surface area contributed by atoms with Gasteiger partial charge in [0.25, 0.3) is 0 Å². The SMILES string of the molecule is CCC(=O)Nc1ccc(Oc2ccnc3cc(-c4ccc(OCCCN(C)C)c(OCCCN(C)C)c4)sc23)c(F)c1. The number of pyridine rings is 1. The molecule has 1 N–H and O–H groups in total. The molecule has 0 bridgehead atoms. The highest BCUT2D eigenvalue weighted by Crippen LogP contribution is 2.42. The number of ether oxygens (including phenoxy) is 3. The minimum absolute atomic E-state index is 0.0659. The van der Waals surface area contributed by atoms with Gasteiger partial charge in [0.05, 0.1) is 23.4 Å². The molecule has 0 atom stereocenters.